The number of piperidine rings is 1. The van der Waals surface area contributed by atoms with Gasteiger partial charge in [0.1, 0.15) is 6.10 Å². The predicted octanol–water partition coefficient (Wildman–Crippen LogP) is 4.33. The number of nitrogens with one attached hydrogen (secondary N) is 2. The van der Waals surface area contributed by atoms with E-state index < -0.39 is 18.2 Å². The van der Waals surface area contributed by atoms with Crippen LogP contribution in [0.3, 0.4) is 0 Å². The Bertz CT molecular complexity index is 957. The van der Waals surface area contributed by atoms with Crippen molar-refractivity contribution in [3.05, 3.63) is 35.9 Å². The van der Waals surface area contributed by atoms with Crippen molar-refractivity contribution in [2.24, 2.45) is 11.8 Å². The minimum Gasteiger partial charge on any atom is -0.445 e. The van der Waals surface area contributed by atoms with Crippen LogP contribution in [0, 0.1) is 11.8 Å². The van der Waals surface area contributed by atoms with Gasteiger partial charge in [-0.3, -0.25) is 9.69 Å². The maximum absolute atomic E-state index is 13.4. The van der Waals surface area contributed by atoms with Crippen molar-refractivity contribution in [1.82, 2.24) is 15.5 Å². The molecule has 218 valence electrons. The number of hydrogen-bond acceptors (Lipinski definition) is 7. The number of carbonyl (C=O) groups is 2. The molecule has 0 aromatic heterocycles. The monoisotopic (exact) mass is 577 g/mol. The molecule has 3 heterocycles. The molecule has 3 aliphatic rings. The first-order valence-corrected chi connectivity index (χ1v) is 16.6. The highest BCUT2D eigenvalue weighted by Gasteiger charge is 2.43. The second kappa shape index (κ2) is 13.5. The minimum absolute atomic E-state index is 0.0195. The first-order valence-electron chi connectivity index (χ1n) is 14.5. The Hall–Kier alpha value is -1.42. The molecular weight excluding hydrogens is 530 g/mol. The quantitative estimate of drug-likeness (QED) is 0.403. The highest BCUT2D eigenvalue weighted by atomic mass is 32.2. The Morgan fingerprint density at radius 3 is 2.54 bits per heavy atom. The Morgan fingerprint density at radius 1 is 1.13 bits per heavy atom. The normalized spacial score (nSPS) is 29.1. The Kier molecular flexibility index (Phi) is 10.6. The van der Waals surface area contributed by atoms with Crippen LogP contribution in [0.2, 0.25) is 0 Å². The van der Waals surface area contributed by atoms with Gasteiger partial charge in [-0.15, -0.1) is 0 Å². The molecule has 1 unspecified atom stereocenters. The minimum atomic E-state index is -0.854. The summed E-state index contributed by atoms with van der Waals surface area (Å²) in [6, 6.07) is 9.09. The number of carbonyl (C=O) groups excluding carboxylic acids is 2. The highest BCUT2D eigenvalue weighted by Crippen LogP contribution is 2.40. The second-order valence-corrected chi connectivity index (χ2v) is 15.4. The summed E-state index contributed by atoms with van der Waals surface area (Å²) < 4.78 is 5.90. The number of alkyl carbamates (subject to hydrolysis) is 1. The fraction of sp³-hybridized carbons (Fsp3) is 0.733. The number of aliphatic hydroxyl groups is 1. The van der Waals surface area contributed by atoms with Gasteiger partial charge >= 0.3 is 6.09 Å². The smallest absolute Gasteiger partial charge is 0.407 e. The number of rotatable bonds is 9. The number of fused-ring (bicyclic) bond motifs is 1. The molecule has 3 fully saturated rings. The standard InChI is InChI=1S/C30H47N3O4S2/c1-19(2)27-25(12-14-39-27)37-29(36)31-22(15-20-9-7-6-8-10-20)24(34)18-33-17-21-11-13-38-26(21)16-23(33)28(35)32-30(3,4)5/h6-10,19,21-27,34H,11-18H2,1-5H3,(H,31,36)(H,32,35)/t21-,22+,23?,24-,25-,26+,27-/m1/s1. The van der Waals surface area contributed by atoms with Gasteiger partial charge in [0.15, 0.2) is 0 Å². The van der Waals surface area contributed by atoms with Crippen molar-refractivity contribution >= 4 is 35.5 Å². The molecule has 3 aliphatic heterocycles. The van der Waals surface area contributed by atoms with Gasteiger partial charge in [-0.2, -0.15) is 23.5 Å². The lowest BCUT2D eigenvalue weighted by atomic mass is 9.89. The SMILES string of the molecule is CC(C)[C@H]1SCC[C@H]1OC(=O)N[C@@H](Cc1ccccc1)[C@H](O)CN1C[C@H]2CCS[C@H]2CC1C(=O)NC(C)(C)C. The average molecular weight is 578 g/mol. The molecule has 3 saturated heterocycles. The molecule has 0 radical (unpaired) electrons. The summed E-state index contributed by atoms with van der Waals surface area (Å²) in [7, 11) is 0. The molecule has 0 aliphatic carbocycles. The van der Waals surface area contributed by atoms with E-state index in [-0.39, 0.29) is 23.6 Å². The van der Waals surface area contributed by atoms with Gasteiger partial charge < -0.3 is 20.5 Å². The van der Waals surface area contributed by atoms with Crippen molar-refractivity contribution in [1.29, 1.82) is 0 Å². The summed E-state index contributed by atoms with van der Waals surface area (Å²) in [5.41, 5.74) is 0.709. The fourth-order valence-electron chi connectivity index (χ4n) is 6.07. The topological polar surface area (TPSA) is 90.9 Å². The van der Waals surface area contributed by atoms with Crippen LogP contribution in [0.15, 0.2) is 30.3 Å². The first kappa shape index (κ1) is 30.5. The van der Waals surface area contributed by atoms with Gasteiger partial charge in [0.05, 0.1) is 18.2 Å². The Labute approximate surface area is 243 Å². The zero-order valence-corrected chi connectivity index (χ0v) is 25.7. The van der Waals surface area contributed by atoms with E-state index in [1.54, 1.807) is 0 Å². The average Bonchev–Trinajstić information content (AvgIpc) is 3.51. The zero-order chi connectivity index (χ0) is 28.2. The van der Waals surface area contributed by atoms with E-state index in [1.165, 1.54) is 0 Å². The van der Waals surface area contributed by atoms with Crippen LogP contribution in [0.1, 0.15) is 59.4 Å². The lowest BCUT2D eigenvalue weighted by Gasteiger charge is -2.43. The fourth-order valence-corrected chi connectivity index (χ4v) is 9.05. The lowest BCUT2D eigenvalue weighted by molar-refractivity contribution is -0.130. The van der Waals surface area contributed by atoms with Gasteiger partial charge in [0.25, 0.3) is 0 Å². The van der Waals surface area contributed by atoms with Crippen LogP contribution < -0.4 is 10.6 Å². The summed E-state index contributed by atoms with van der Waals surface area (Å²) >= 11 is 3.84. The number of β-amino-alcohol motifs (C(OH)–C–C–N with tert-alkyl or cyclic N) is 1. The third-order valence-corrected chi connectivity index (χ3v) is 11.2. The van der Waals surface area contributed by atoms with Crippen molar-refractivity contribution in [3.63, 3.8) is 0 Å². The molecule has 39 heavy (non-hydrogen) atoms. The summed E-state index contributed by atoms with van der Waals surface area (Å²) in [6.07, 6.45) is 1.83. The van der Waals surface area contributed by atoms with E-state index >= 15 is 0 Å². The largest absolute Gasteiger partial charge is 0.445 e. The lowest BCUT2D eigenvalue weighted by Crippen LogP contribution is -2.60. The van der Waals surface area contributed by atoms with Crippen LogP contribution >= 0.6 is 23.5 Å². The van der Waals surface area contributed by atoms with Crippen LogP contribution in [0.4, 0.5) is 4.79 Å². The molecule has 4 rings (SSSR count). The van der Waals surface area contributed by atoms with Gasteiger partial charge in [-0.05, 0) is 75.4 Å². The number of benzene rings is 1. The van der Waals surface area contributed by atoms with Gasteiger partial charge in [-0.25, -0.2) is 4.79 Å². The van der Waals surface area contributed by atoms with E-state index in [4.69, 9.17) is 4.74 Å². The number of amides is 2. The molecule has 7 atom stereocenters. The molecular formula is C30H47N3O4S2. The maximum Gasteiger partial charge on any atom is 0.407 e. The number of ether oxygens (including phenoxy) is 1. The van der Waals surface area contributed by atoms with Gasteiger partial charge in [0, 0.05) is 29.1 Å². The van der Waals surface area contributed by atoms with Crippen molar-refractivity contribution in [2.45, 2.75) is 101 Å². The van der Waals surface area contributed by atoms with E-state index in [0.29, 0.717) is 35.3 Å². The van der Waals surface area contributed by atoms with Crippen molar-refractivity contribution in [3.8, 4) is 0 Å². The molecule has 1 aromatic carbocycles. The van der Waals surface area contributed by atoms with Crippen LogP contribution in [0.25, 0.3) is 0 Å². The molecule has 1 aromatic rings. The maximum atomic E-state index is 13.4. The number of thioether (sulfide) groups is 2. The summed E-state index contributed by atoms with van der Waals surface area (Å²) in [5.74, 6) is 3.09. The number of likely N-dealkylation sites (tertiary alicyclic amines) is 1. The molecule has 9 heteroatoms. The highest BCUT2D eigenvalue weighted by molar-refractivity contribution is 8.00. The van der Waals surface area contributed by atoms with Gasteiger partial charge in [0.2, 0.25) is 5.91 Å². The van der Waals surface area contributed by atoms with E-state index in [2.05, 4.69) is 29.4 Å². The summed E-state index contributed by atoms with van der Waals surface area (Å²) in [4.78, 5) is 28.6. The second-order valence-electron chi connectivity index (χ2n) is 12.7. The number of aliphatic hydroxyl groups excluding tert-OH is 1. The van der Waals surface area contributed by atoms with E-state index in [0.717, 1.165) is 42.9 Å². The van der Waals surface area contributed by atoms with Gasteiger partial charge in [-0.1, -0.05) is 44.2 Å². The van der Waals surface area contributed by atoms with E-state index in [9.17, 15) is 14.7 Å². The van der Waals surface area contributed by atoms with Crippen LogP contribution in [-0.2, 0) is 16.0 Å². The summed E-state index contributed by atoms with van der Waals surface area (Å²) in [6.45, 7) is 11.4. The Morgan fingerprint density at radius 2 is 1.85 bits per heavy atom. The number of nitrogens with zero attached hydrogens (tertiary/aromatic N) is 1. The Balaban J connectivity index is 1.47. The third kappa shape index (κ3) is 8.54. The molecule has 7 nitrogen and oxygen atoms in total. The molecule has 2 amide bonds. The molecule has 0 saturated carbocycles. The first-order chi connectivity index (χ1) is 18.5. The summed E-state index contributed by atoms with van der Waals surface area (Å²) in [5, 5.41) is 18.6. The third-order valence-electron chi connectivity index (χ3n) is 7.99. The number of hydrogen-bond donors (Lipinski definition) is 3. The molecule has 3 N–H and O–H groups in total. The van der Waals surface area contributed by atoms with Crippen molar-refractivity contribution in [2.75, 3.05) is 24.6 Å². The zero-order valence-electron chi connectivity index (χ0n) is 24.1. The van der Waals surface area contributed by atoms with Crippen LogP contribution in [0.5, 0.6) is 0 Å². The predicted molar refractivity (Wildman–Crippen MR) is 161 cm³/mol. The van der Waals surface area contributed by atoms with Crippen molar-refractivity contribution < 1.29 is 19.4 Å². The molecule has 0 bridgehead atoms. The molecule has 0 spiro atoms. The van der Waals surface area contributed by atoms with E-state index in [1.807, 2.05) is 74.6 Å². The van der Waals surface area contributed by atoms with Crippen LogP contribution in [-0.4, -0.2) is 86.9 Å².